The van der Waals surface area contributed by atoms with Crippen molar-refractivity contribution >= 4 is 11.8 Å². The number of amides is 2. The lowest BCUT2D eigenvalue weighted by molar-refractivity contribution is -0.125. The fourth-order valence-corrected chi connectivity index (χ4v) is 1.47. The molecule has 1 unspecified atom stereocenters. The van der Waals surface area contributed by atoms with E-state index in [1.165, 1.54) is 13.8 Å². The molecule has 1 atom stereocenters. The molecule has 0 bridgehead atoms. The van der Waals surface area contributed by atoms with Crippen LogP contribution in [0.15, 0.2) is 30.3 Å². The highest BCUT2D eigenvalue weighted by molar-refractivity contribution is 5.97. The van der Waals surface area contributed by atoms with Gasteiger partial charge in [0.25, 0.3) is 5.91 Å². The van der Waals surface area contributed by atoms with E-state index in [1.54, 1.807) is 30.3 Å². The molecule has 2 amide bonds. The first-order chi connectivity index (χ1) is 9.41. The third kappa shape index (κ3) is 4.32. The molecule has 0 fully saturated rings. The van der Waals surface area contributed by atoms with Crippen LogP contribution in [0.5, 0.6) is 0 Å². The van der Waals surface area contributed by atoms with Crippen molar-refractivity contribution < 1.29 is 19.8 Å². The van der Waals surface area contributed by atoms with Crippen molar-refractivity contribution in [2.45, 2.75) is 25.4 Å². The number of hydrogen-bond acceptors (Lipinski definition) is 4. The van der Waals surface area contributed by atoms with E-state index in [4.69, 9.17) is 10.2 Å². The van der Waals surface area contributed by atoms with Crippen LogP contribution in [0.1, 0.15) is 24.2 Å². The number of hydrogen-bond donors (Lipinski definition) is 4. The van der Waals surface area contributed by atoms with Crippen LogP contribution in [-0.4, -0.2) is 46.8 Å². The Hall–Kier alpha value is -1.92. The van der Waals surface area contributed by atoms with E-state index >= 15 is 0 Å². The highest BCUT2D eigenvalue weighted by Crippen LogP contribution is 2.03. The standard InChI is InChI=1S/C14H20N2O4/c1-10(12(19)16-14(2,8-17)9-18)15-13(20)11-6-4-3-5-7-11/h3-7,10,17-18H,8-9H2,1-2H3,(H,15,20)(H,16,19). The van der Waals surface area contributed by atoms with Gasteiger partial charge < -0.3 is 20.8 Å². The summed E-state index contributed by atoms with van der Waals surface area (Å²) in [4.78, 5) is 23.8. The van der Waals surface area contributed by atoms with Gasteiger partial charge in [-0.25, -0.2) is 0 Å². The van der Waals surface area contributed by atoms with Gasteiger partial charge >= 0.3 is 0 Å². The lowest BCUT2D eigenvalue weighted by Gasteiger charge is -2.28. The highest BCUT2D eigenvalue weighted by Gasteiger charge is 2.27. The molecule has 0 aliphatic heterocycles. The van der Waals surface area contributed by atoms with Gasteiger partial charge in [-0.15, -0.1) is 0 Å². The predicted octanol–water partition coefficient (Wildman–Crippen LogP) is -0.336. The van der Waals surface area contributed by atoms with Gasteiger partial charge in [0, 0.05) is 5.56 Å². The van der Waals surface area contributed by atoms with Gasteiger partial charge in [-0.05, 0) is 26.0 Å². The summed E-state index contributed by atoms with van der Waals surface area (Å²) in [5.41, 5.74) is -0.651. The first-order valence-corrected chi connectivity index (χ1v) is 6.31. The van der Waals surface area contributed by atoms with Gasteiger partial charge in [0.05, 0.1) is 18.8 Å². The third-order valence-corrected chi connectivity index (χ3v) is 2.90. The SMILES string of the molecule is CC(NC(=O)c1ccccc1)C(=O)NC(C)(CO)CO. The minimum absolute atomic E-state index is 0.358. The Morgan fingerprint density at radius 1 is 1.20 bits per heavy atom. The normalized spacial score (nSPS) is 12.6. The molecule has 0 saturated heterocycles. The second-order valence-corrected chi connectivity index (χ2v) is 4.93. The van der Waals surface area contributed by atoms with Crippen molar-refractivity contribution in [2.24, 2.45) is 0 Å². The first-order valence-electron chi connectivity index (χ1n) is 6.31. The minimum atomic E-state index is -1.11. The Labute approximate surface area is 117 Å². The van der Waals surface area contributed by atoms with Crippen LogP contribution < -0.4 is 10.6 Å². The Morgan fingerprint density at radius 3 is 2.25 bits per heavy atom. The monoisotopic (exact) mass is 280 g/mol. The Balaban J connectivity index is 2.60. The molecule has 0 heterocycles. The average Bonchev–Trinajstić information content (AvgIpc) is 2.47. The largest absolute Gasteiger partial charge is 0.394 e. The summed E-state index contributed by atoms with van der Waals surface area (Å²) in [7, 11) is 0. The van der Waals surface area contributed by atoms with E-state index in [0.717, 1.165) is 0 Å². The third-order valence-electron chi connectivity index (χ3n) is 2.90. The van der Waals surface area contributed by atoms with Gasteiger partial charge in [0.15, 0.2) is 0 Å². The maximum atomic E-state index is 11.9. The number of aliphatic hydroxyl groups is 2. The topological polar surface area (TPSA) is 98.7 Å². The molecule has 0 spiro atoms. The molecular formula is C14H20N2O4. The molecule has 0 aromatic heterocycles. The molecular weight excluding hydrogens is 260 g/mol. The van der Waals surface area contributed by atoms with E-state index in [-0.39, 0.29) is 5.91 Å². The molecule has 1 aromatic rings. The van der Waals surface area contributed by atoms with Crippen molar-refractivity contribution in [3.63, 3.8) is 0 Å². The molecule has 6 heteroatoms. The quantitative estimate of drug-likeness (QED) is 0.573. The van der Waals surface area contributed by atoms with Crippen molar-refractivity contribution in [2.75, 3.05) is 13.2 Å². The van der Waals surface area contributed by atoms with Crippen LogP contribution in [0.25, 0.3) is 0 Å². The minimum Gasteiger partial charge on any atom is -0.394 e. The lowest BCUT2D eigenvalue weighted by atomic mass is 10.0. The predicted molar refractivity (Wildman–Crippen MR) is 74.1 cm³/mol. The summed E-state index contributed by atoms with van der Waals surface area (Å²) in [6.45, 7) is 2.26. The van der Waals surface area contributed by atoms with E-state index in [1.807, 2.05) is 0 Å². The molecule has 4 N–H and O–H groups in total. The number of benzene rings is 1. The van der Waals surface area contributed by atoms with Gasteiger partial charge in [0.2, 0.25) is 5.91 Å². The summed E-state index contributed by atoms with van der Waals surface area (Å²) in [5.74, 6) is -0.831. The van der Waals surface area contributed by atoms with E-state index in [0.29, 0.717) is 5.56 Å². The Morgan fingerprint density at radius 2 is 1.75 bits per heavy atom. The fourth-order valence-electron chi connectivity index (χ4n) is 1.47. The van der Waals surface area contributed by atoms with Crippen molar-refractivity contribution in [3.8, 4) is 0 Å². The first kappa shape index (κ1) is 16.1. The highest BCUT2D eigenvalue weighted by atomic mass is 16.3. The number of rotatable bonds is 6. The Kier molecular flexibility index (Phi) is 5.66. The van der Waals surface area contributed by atoms with Gasteiger partial charge in [-0.3, -0.25) is 9.59 Å². The van der Waals surface area contributed by atoms with E-state index in [2.05, 4.69) is 10.6 Å². The summed E-state index contributed by atoms with van der Waals surface area (Å²) in [6, 6.07) is 7.76. The van der Waals surface area contributed by atoms with Crippen LogP contribution in [0.2, 0.25) is 0 Å². The number of nitrogens with one attached hydrogen (secondary N) is 2. The smallest absolute Gasteiger partial charge is 0.251 e. The van der Waals surface area contributed by atoms with Crippen LogP contribution in [-0.2, 0) is 4.79 Å². The van der Waals surface area contributed by atoms with Gasteiger partial charge in [0.1, 0.15) is 6.04 Å². The summed E-state index contributed by atoms with van der Waals surface area (Å²) < 4.78 is 0. The zero-order chi connectivity index (χ0) is 15.2. The lowest BCUT2D eigenvalue weighted by Crippen LogP contribution is -2.56. The van der Waals surface area contributed by atoms with Crippen LogP contribution in [0, 0.1) is 0 Å². The average molecular weight is 280 g/mol. The second-order valence-electron chi connectivity index (χ2n) is 4.93. The zero-order valence-electron chi connectivity index (χ0n) is 11.6. The van der Waals surface area contributed by atoms with Crippen molar-refractivity contribution in [1.82, 2.24) is 10.6 Å². The maximum Gasteiger partial charge on any atom is 0.251 e. The maximum absolute atomic E-state index is 11.9. The number of carbonyl (C=O) groups is 2. The Bertz CT molecular complexity index is 458. The number of carbonyl (C=O) groups excluding carboxylic acids is 2. The van der Waals surface area contributed by atoms with Crippen molar-refractivity contribution in [3.05, 3.63) is 35.9 Å². The zero-order valence-corrected chi connectivity index (χ0v) is 11.6. The molecule has 0 radical (unpaired) electrons. The van der Waals surface area contributed by atoms with Crippen LogP contribution in [0.4, 0.5) is 0 Å². The van der Waals surface area contributed by atoms with Crippen molar-refractivity contribution in [1.29, 1.82) is 0 Å². The van der Waals surface area contributed by atoms with Gasteiger partial charge in [-0.2, -0.15) is 0 Å². The summed E-state index contributed by atoms with van der Waals surface area (Å²) in [6.07, 6.45) is 0. The number of aliphatic hydroxyl groups excluding tert-OH is 2. The van der Waals surface area contributed by atoms with Crippen LogP contribution >= 0.6 is 0 Å². The van der Waals surface area contributed by atoms with Crippen LogP contribution in [0.3, 0.4) is 0 Å². The summed E-state index contributed by atoms with van der Waals surface area (Å²) in [5, 5.41) is 23.3. The second kappa shape index (κ2) is 7.02. The molecule has 1 rings (SSSR count). The molecule has 0 aliphatic carbocycles. The molecule has 20 heavy (non-hydrogen) atoms. The molecule has 1 aromatic carbocycles. The fraction of sp³-hybridized carbons (Fsp3) is 0.429. The molecule has 6 nitrogen and oxygen atoms in total. The molecule has 0 aliphatic rings. The molecule has 0 saturated carbocycles. The van der Waals surface area contributed by atoms with Gasteiger partial charge in [-0.1, -0.05) is 18.2 Å². The molecule has 110 valence electrons. The van der Waals surface area contributed by atoms with E-state index in [9.17, 15) is 9.59 Å². The summed E-state index contributed by atoms with van der Waals surface area (Å²) >= 11 is 0. The van der Waals surface area contributed by atoms with E-state index < -0.39 is 30.7 Å².